The van der Waals surface area contributed by atoms with E-state index in [1.807, 2.05) is 6.92 Å². The third-order valence-electron chi connectivity index (χ3n) is 3.70. The van der Waals surface area contributed by atoms with E-state index < -0.39 is 12.7 Å². The highest BCUT2D eigenvalue weighted by atomic mass is 19.4. The van der Waals surface area contributed by atoms with Crippen molar-refractivity contribution in [2.45, 2.75) is 52.4 Å². The third-order valence-corrected chi connectivity index (χ3v) is 3.70. The maximum Gasteiger partial charge on any atom is 0.401 e. The van der Waals surface area contributed by atoms with Crippen molar-refractivity contribution in [2.75, 3.05) is 26.2 Å². The molecule has 0 spiro atoms. The summed E-state index contributed by atoms with van der Waals surface area (Å²) in [6, 6.07) is 0.278. The first-order chi connectivity index (χ1) is 9.71. The minimum atomic E-state index is -4.13. The average molecular weight is 308 g/mol. The zero-order valence-electron chi connectivity index (χ0n) is 13.3. The SMILES string of the molecule is CCN=C(NC1CCN(CC(F)(F)F)C1)NC(C)C(C)C. The van der Waals surface area contributed by atoms with Gasteiger partial charge in [0.25, 0.3) is 0 Å². The summed E-state index contributed by atoms with van der Waals surface area (Å²) < 4.78 is 37.1. The number of rotatable bonds is 5. The van der Waals surface area contributed by atoms with Crippen LogP contribution in [0.2, 0.25) is 0 Å². The van der Waals surface area contributed by atoms with Crippen molar-refractivity contribution in [1.29, 1.82) is 0 Å². The Morgan fingerprint density at radius 3 is 2.52 bits per heavy atom. The van der Waals surface area contributed by atoms with E-state index in [4.69, 9.17) is 0 Å². The Hall–Kier alpha value is -0.980. The number of aliphatic imine (C=N–C) groups is 1. The summed E-state index contributed by atoms with van der Waals surface area (Å²) in [5.41, 5.74) is 0. The van der Waals surface area contributed by atoms with Crippen LogP contribution in [0.5, 0.6) is 0 Å². The molecule has 0 aromatic heterocycles. The van der Waals surface area contributed by atoms with Crippen molar-refractivity contribution in [3.63, 3.8) is 0 Å². The predicted molar refractivity (Wildman–Crippen MR) is 79.4 cm³/mol. The number of likely N-dealkylation sites (tertiary alicyclic amines) is 1. The van der Waals surface area contributed by atoms with Gasteiger partial charge in [0.05, 0.1) is 6.54 Å². The van der Waals surface area contributed by atoms with E-state index in [0.29, 0.717) is 37.9 Å². The second-order valence-electron chi connectivity index (χ2n) is 5.98. The summed E-state index contributed by atoms with van der Waals surface area (Å²) in [5, 5.41) is 6.55. The van der Waals surface area contributed by atoms with E-state index in [1.54, 1.807) is 0 Å². The molecule has 1 aliphatic rings. The number of alkyl halides is 3. The molecule has 124 valence electrons. The van der Waals surface area contributed by atoms with Gasteiger partial charge in [0.2, 0.25) is 0 Å². The maximum atomic E-state index is 12.4. The molecule has 0 bridgehead atoms. The molecule has 2 atom stereocenters. The van der Waals surface area contributed by atoms with Gasteiger partial charge in [-0.1, -0.05) is 13.8 Å². The normalized spacial score (nSPS) is 22.7. The molecular formula is C14H27F3N4. The fourth-order valence-corrected chi connectivity index (χ4v) is 2.21. The van der Waals surface area contributed by atoms with Gasteiger partial charge in [0.15, 0.2) is 5.96 Å². The largest absolute Gasteiger partial charge is 0.401 e. The number of guanidine groups is 1. The van der Waals surface area contributed by atoms with E-state index in [9.17, 15) is 13.2 Å². The number of nitrogens with zero attached hydrogens (tertiary/aromatic N) is 2. The molecular weight excluding hydrogens is 281 g/mol. The van der Waals surface area contributed by atoms with Crippen LogP contribution in [0.3, 0.4) is 0 Å². The van der Waals surface area contributed by atoms with Crippen molar-refractivity contribution in [3.05, 3.63) is 0 Å². The molecule has 2 N–H and O–H groups in total. The summed E-state index contributed by atoms with van der Waals surface area (Å²) in [6.07, 6.45) is -3.42. The van der Waals surface area contributed by atoms with E-state index in [1.165, 1.54) is 4.90 Å². The van der Waals surface area contributed by atoms with Crippen LogP contribution < -0.4 is 10.6 Å². The van der Waals surface area contributed by atoms with Crippen molar-refractivity contribution in [1.82, 2.24) is 15.5 Å². The molecule has 2 unspecified atom stereocenters. The second kappa shape index (κ2) is 7.87. The van der Waals surface area contributed by atoms with Crippen molar-refractivity contribution in [2.24, 2.45) is 10.9 Å². The number of hydrogen-bond acceptors (Lipinski definition) is 2. The molecule has 4 nitrogen and oxygen atoms in total. The van der Waals surface area contributed by atoms with E-state index >= 15 is 0 Å². The first-order valence-electron chi connectivity index (χ1n) is 7.58. The van der Waals surface area contributed by atoms with Gasteiger partial charge in [-0.2, -0.15) is 13.2 Å². The fraction of sp³-hybridized carbons (Fsp3) is 0.929. The Labute approximate surface area is 125 Å². The standard InChI is InChI=1S/C14H27F3N4/c1-5-18-13(19-11(4)10(2)3)20-12-6-7-21(8-12)9-14(15,16)17/h10-12H,5-9H2,1-4H3,(H2,18,19,20). The summed E-state index contributed by atoms with van der Waals surface area (Å²) in [4.78, 5) is 5.80. The number of hydrogen-bond donors (Lipinski definition) is 2. The van der Waals surface area contributed by atoms with Crippen LogP contribution >= 0.6 is 0 Å². The van der Waals surface area contributed by atoms with E-state index in [0.717, 1.165) is 0 Å². The molecule has 1 fully saturated rings. The van der Waals surface area contributed by atoms with Crippen LogP contribution in [0.1, 0.15) is 34.1 Å². The first-order valence-corrected chi connectivity index (χ1v) is 7.58. The lowest BCUT2D eigenvalue weighted by molar-refractivity contribution is -0.143. The minimum absolute atomic E-state index is 0.0181. The van der Waals surface area contributed by atoms with Crippen LogP contribution in [0.4, 0.5) is 13.2 Å². The van der Waals surface area contributed by atoms with Crippen LogP contribution in [-0.2, 0) is 0 Å². The summed E-state index contributed by atoms with van der Waals surface area (Å²) in [7, 11) is 0. The Morgan fingerprint density at radius 2 is 2.00 bits per heavy atom. The highest BCUT2D eigenvalue weighted by Gasteiger charge is 2.34. The van der Waals surface area contributed by atoms with Gasteiger partial charge >= 0.3 is 6.18 Å². The second-order valence-corrected chi connectivity index (χ2v) is 5.98. The molecule has 7 heteroatoms. The molecule has 21 heavy (non-hydrogen) atoms. The summed E-state index contributed by atoms with van der Waals surface area (Å²) in [5.74, 6) is 1.15. The molecule has 1 aliphatic heterocycles. The fourth-order valence-electron chi connectivity index (χ4n) is 2.21. The lowest BCUT2D eigenvalue weighted by Crippen LogP contribution is -2.49. The lowest BCUT2D eigenvalue weighted by atomic mass is 10.1. The van der Waals surface area contributed by atoms with Crippen molar-refractivity contribution >= 4 is 5.96 Å². The van der Waals surface area contributed by atoms with Gasteiger partial charge in [-0.15, -0.1) is 0 Å². The molecule has 0 saturated carbocycles. The van der Waals surface area contributed by atoms with Crippen molar-refractivity contribution < 1.29 is 13.2 Å². The molecule has 0 amide bonds. The number of halogens is 3. The minimum Gasteiger partial charge on any atom is -0.354 e. The van der Waals surface area contributed by atoms with Crippen LogP contribution in [0.15, 0.2) is 4.99 Å². The quantitative estimate of drug-likeness (QED) is 0.604. The lowest BCUT2D eigenvalue weighted by Gasteiger charge is -2.24. The van der Waals surface area contributed by atoms with Gasteiger partial charge in [-0.25, -0.2) is 0 Å². The molecule has 1 saturated heterocycles. The smallest absolute Gasteiger partial charge is 0.354 e. The summed E-state index contributed by atoms with van der Waals surface area (Å²) in [6.45, 7) is 8.91. The number of nitrogens with one attached hydrogen (secondary N) is 2. The first kappa shape index (κ1) is 18.1. The van der Waals surface area contributed by atoms with E-state index in [2.05, 4.69) is 36.4 Å². The maximum absolute atomic E-state index is 12.4. The molecule has 0 aromatic carbocycles. The molecule has 0 aromatic rings. The third kappa shape index (κ3) is 7.02. The van der Waals surface area contributed by atoms with Crippen LogP contribution in [-0.4, -0.2) is 55.3 Å². The van der Waals surface area contributed by atoms with Gasteiger partial charge in [0.1, 0.15) is 0 Å². The van der Waals surface area contributed by atoms with Gasteiger partial charge < -0.3 is 10.6 Å². The van der Waals surface area contributed by atoms with E-state index in [-0.39, 0.29) is 12.1 Å². The topological polar surface area (TPSA) is 39.7 Å². The van der Waals surface area contributed by atoms with Gasteiger partial charge in [-0.05, 0) is 26.2 Å². The van der Waals surface area contributed by atoms with Crippen molar-refractivity contribution in [3.8, 4) is 0 Å². The highest BCUT2D eigenvalue weighted by molar-refractivity contribution is 5.80. The zero-order valence-corrected chi connectivity index (χ0v) is 13.3. The van der Waals surface area contributed by atoms with Crippen LogP contribution in [0, 0.1) is 5.92 Å². The highest BCUT2D eigenvalue weighted by Crippen LogP contribution is 2.19. The summed E-state index contributed by atoms with van der Waals surface area (Å²) >= 11 is 0. The van der Waals surface area contributed by atoms with Gasteiger partial charge in [-0.3, -0.25) is 9.89 Å². The molecule has 1 heterocycles. The monoisotopic (exact) mass is 308 g/mol. The predicted octanol–water partition coefficient (Wildman–Crippen LogP) is 2.22. The van der Waals surface area contributed by atoms with Gasteiger partial charge in [0, 0.05) is 31.7 Å². The molecule has 1 rings (SSSR count). The Morgan fingerprint density at radius 1 is 1.33 bits per heavy atom. The molecule has 0 radical (unpaired) electrons. The zero-order chi connectivity index (χ0) is 16.0. The Balaban J connectivity index is 2.48. The average Bonchev–Trinajstić information content (AvgIpc) is 2.73. The van der Waals surface area contributed by atoms with Crippen LogP contribution in [0.25, 0.3) is 0 Å². The molecule has 0 aliphatic carbocycles. The Bertz CT molecular complexity index is 342. The Kier molecular flexibility index (Phi) is 6.77.